The number of thiophene rings is 1. The third kappa shape index (κ3) is 3.49. The van der Waals surface area contributed by atoms with Crippen LogP contribution >= 0.6 is 23.1 Å². The summed E-state index contributed by atoms with van der Waals surface area (Å²) in [6.07, 6.45) is 1.98. The van der Waals surface area contributed by atoms with Gasteiger partial charge in [-0.05, 0) is 24.3 Å². The zero-order chi connectivity index (χ0) is 12.8. The van der Waals surface area contributed by atoms with Crippen molar-refractivity contribution >= 4 is 29.0 Å². The average molecular weight is 285 g/mol. The van der Waals surface area contributed by atoms with Gasteiger partial charge in [-0.3, -0.25) is 4.79 Å². The molecular formula is C13H19NO2S2. The van der Waals surface area contributed by atoms with E-state index in [9.17, 15) is 4.79 Å². The Hall–Kier alpha value is -0.520. The van der Waals surface area contributed by atoms with Crippen LogP contribution < -0.4 is 0 Å². The van der Waals surface area contributed by atoms with E-state index in [0.29, 0.717) is 5.75 Å². The van der Waals surface area contributed by atoms with Crippen molar-refractivity contribution in [2.24, 2.45) is 0 Å². The lowest BCUT2D eigenvalue weighted by molar-refractivity contribution is -0.128. The van der Waals surface area contributed by atoms with Gasteiger partial charge in [-0.15, -0.1) is 23.1 Å². The number of ether oxygens (including phenoxy) is 1. The highest BCUT2D eigenvalue weighted by Crippen LogP contribution is 2.40. The van der Waals surface area contributed by atoms with E-state index in [4.69, 9.17) is 4.74 Å². The molecule has 1 aromatic heterocycles. The largest absolute Gasteiger partial charge is 0.381 e. The lowest BCUT2D eigenvalue weighted by atomic mass is 10.3. The Kier molecular flexibility index (Phi) is 5.53. The maximum atomic E-state index is 11.9. The molecule has 0 saturated carbocycles. The number of hydrogen-bond acceptors (Lipinski definition) is 4. The van der Waals surface area contributed by atoms with Crippen LogP contribution in [0.1, 0.15) is 30.0 Å². The summed E-state index contributed by atoms with van der Waals surface area (Å²) in [6, 6.07) is 4.16. The Morgan fingerprint density at radius 3 is 3.11 bits per heavy atom. The van der Waals surface area contributed by atoms with Crippen LogP contribution in [0.2, 0.25) is 0 Å². The minimum absolute atomic E-state index is 0.226. The summed E-state index contributed by atoms with van der Waals surface area (Å²) in [6.45, 7) is 4.47. The molecule has 1 saturated heterocycles. The van der Waals surface area contributed by atoms with Crippen molar-refractivity contribution in [3.8, 4) is 0 Å². The normalized spacial score (nSPS) is 19.7. The van der Waals surface area contributed by atoms with Gasteiger partial charge in [0.1, 0.15) is 5.37 Å². The fraction of sp³-hybridized carbons (Fsp3) is 0.615. The smallest absolute Gasteiger partial charge is 0.233 e. The van der Waals surface area contributed by atoms with E-state index < -0.39 is 0 Å². The molecule has 1 fully saturated rings. The second kappa shape index (κ2) is 7.16. The zero-order valence-corrected chi connectivity index (χ0v) is 12.3. The first-order chi connectivity index (χ1) is 8.83. The quantitative estimate of drug-likeness (QED) is 0.721. The van der Waals surface area contributed by atoms with Gasteiger partial charge in [0.15, 0.2) is 0 Å². The highest BCUT2D eigenvalue weighted by molar-refractivity contribution is 8.00. The molecule has 100 valence electrons. The third-order valence-electron chi connectivity index (χ3n) is 2.79. The second-order valence-electron chi connectivity index (χ2n) is 4.23. The van der Waals surface area contributed by atoms with Gasteiger partial charge in [0.05, 0.1) is 5.75 Å². The van der Waals surface area contributed by atoms with Crippen LogP contribution in [-0.2, 0) is 9.53 Å². The van der Waals surface area contributed by atoms with E-state index in [1.54, 1.807) is 23.1 Å². The molecular weight excluding hydrogens is 266 g/mol. The lowest BCUT2D eigenvalue weighted by Gasteiger charge is -2.22. The molecule has 3 nitrogen and oxygen atoms in total. The highest BCUT2D eigenvalue weighted by atomic mass is 32.2. The van der Waals surface area contributed by atoms with Gasteiger partial charge in [0, 0.05) is 24.6 Å². The van der Waals surface area contributed by atoms with Crippen molar-refractivity contribution in [1.29, 1.82) is 0 Å². The molecule has 1 aliphatic rings. The maximum Gasteiger partial charge on any atom is 0.233 e. The number of hydrogen-bond donors (Lipinski definition) is 0. The summed E-state index contributed by atoms with van der Waals surface area (Å²) >= 11 is 3.46. The summed E-state index contributed by atoms with van der Waals surface area (Å²) in [4.78, 5) is 15.1. The van der Waals surface area contributed by atoms with Gasteiger partial charge in [-0.1, -0.05) is 13.0 Å². The maximum absolute atomic E-state index is 11.9. The van der Waals surface area contributed by atoms with Crippen LogP contribution in [0.15, 0.2) is 17.5 Å². The van der Waals surface area contributed by atoms with E-state index in [1.165, 1.54) is 4.88 Å². The van der Waals surface area contributed by atoms with Crippen molar-refractivity contribution in [2.45, 2.75) is 25.1 Å². The van der Waals surface area contributed by atoms with Crippen LogP contribution in [0.4, 0.5) is 0 Å². The van der Waals surface area contributed by atoms with Gasteiger partial charge in [0.25, 0.3) is 0 Å². The van der Waals surface area contributed by atoms with E-state index in [2.05, 4.69) is 18.4 Å². The number of nitrogens with zero attached hydrogens (tertiary/aromatic N) is 1. The molecule has 18 heavy (non-hydrogen) atoms. The van der Waals surface area contributed by atoms with Crippen molar-refractivity contribution < 1.29 is 9.53 Å². The van der Waals surface area contributed by atoms with Crippen LogP contribution in [0, 0.1) is 0 Å². The van der Waals surface area contributed by atoms with Crippen molar-refractivity contribution in [3.63, 3.8) is 0 Å². The summed E-state index contributed by atoms with van der Waals surface area (Å²) in [5.41, 5.74) is 0. The van der Waals surface area contributed by atoms with Crippen LogP contribution in [0.5, 0.6) is 0 Å². The molecule has 1 aliphatic heterocycles. The number of thioether (sulfide) groups is 1. The first kappa shape index (κ1) is 13.9. The SMILES string of the molecule is CCCOCCCN1C(=O)CSC1c1cccs1. The Morgan fingerprint density at radius 1 is 1.50 bits per heavy atom. The Bertz CT molecular complexity index is 367. The fourth-order valence-corrected chi connectivity index (χ4v) is 4.14. The number of carbonyl (C=O) groups is 1. The fourth-order valence-electron chi connectivity index (χ4n) is 1.95. The molecule has 0 aliphatic carbocycles. The monoisotopic (exact) mass is 285 g/mol. The molecule has 1 aromatic rings. The topological polar surface area (TPSA) is 29.5 Å². The second-order valence-corrected chi connectivity index (χ2v) is 6.28. The molecule has 2 heterocycles. The van der Waals surface area contributed by atoms with Crippen LogP contribution in [0.3, 0.4) is 0 Å². The predicted molar refractivity (Wildman–Crippen MR) is 77.0 cm³/mol. The van der Waals surface area contributed by atoms with Crippen LogP contribution in [0.25, 0.3) is 0 Å². The van der Waals surface area contributed by atoms with E-state index in [0.717, 1.165) is 32.6 Å². The average Bonchev–Trinajstić information content (AvgIpc) is 2.99. The molecule has 5 heteroatoms. The molecule has 0 spiro atoms. The van der Waals surface area contributed by atoms with E-state index >= 15 is 0 Å². The Balaban J connectivity index is 1.82. The molecule has 0 bridgehead atoms. The first-order valence-corrected chi connectivity index (χ1v) is 8.28. The summed E-state index contributed by atoms with van der Waals surface area (Å²) in [7, 11) is 0. The molecule has 2 rings (SSSR count). The van der Waals surface area contributed by atoms with Gasteiger partial charge >= 0.3 is 0 Å². The molecule has 0 radical (unpaired) electrons. The van der Waals surface area contributed by atoms with E-state index in [-0.39, 0.29) is 11.3 Å². The number of carbonyl (C=O) groups excluding carboxylic acids is 1. The minimum atomic E-state index is 0.226. The van der Waals surface area contributed by atoms with Gasteiger partial charge in [-0.25, -0.2) is 0 Å². The predicted octanol–water partition coefficient (Wildman–Crippen LogP) is 3.14. The Labute approximate surface area is 117 Å². The van der Waals surface area contributed by atoms with Gasteiger partial charge < -0.3 is 9.64 Å². The first-order valence-electron chi connectivity index (χ1n) is 6.35. The summed E-state index contributed by atoms with van der Waals surface area (Å²) < 4.78 is 5.46. The lowest BCUT2D eigenvalue weighted by Crippen LogP contribution is -2.29. The summed E-state index contributed by atoms with van der Waals surface area (Å²) in [5, 5.41) is 2.30. The highest BCUT2D eigenvalue weighted by Gasteiger charge is 2.32. The van der Waals surface area contributed by atoms with Crippen molar-refractivity contribution in [2.75, 3.05) is 25.5 Å². The summed E-state index contributed by atoms with van der Waals surface area (Å²) in [5.74, 6) is 0.868. The number of rotatable bonds is 7. The molecule has 1 atom stereocenters. The third-order valence-corrected chi connectivity index (χ3v) is 5.10. The molecule has 1 unspecified atom stereocenters. The van der Waals surface area contributed by atoms with Crippen molar-refractivity contribution in [1.82, 2.24) is 4.90 Å². The van der Waals surface area contributed by atoms with Gasteiger partial charge in [0.2, 0.25) is 5.91 Å². The zero-order valence-electron chi connectivity index (χ0n) is 10.6. The van der Waals surface area contributed by atoms with Crippen molar-refractivity contribution in [3.05, 3.63) is 22.4 Å². The standard InChI is InChI=1S/C13H19NO2S2/c1-2-7-16-8-4-6-14-12(15)10-18-13(14)11-5-3-9-17-11/h3,5,9,13H,2,4,6-8,10H2,1H3. The molecule has 0 N–H and O–H groups in total. The number of amides is 1. The Morgan fingerprint density at radius 2 is 2.39 bits per heavy atom. The molecule has 0 aromatic carbocycles. The van der Waals surface area contributed by atoms with Gasteiger partial charge in [-0.2, -0.15) is 0 Å². The minimum Gasteiger partial charge on any atom is -0.381 e. The van der Waals surface area contributed by atoms with Crippen LogP contribution in [-0.4, -0.2) is 36.3 Å². The van der Waals surface area contributed by atoms with E-state index in [1.807, 2.05) is 11.0 Å². The molecule has 1 amide bonds.